The fraction of sp³-hybridized carbons (Fsp3) is 0.680. The van der Waals surface area contributed by atoms with E-state index in [-0.39, 0.29) is 0 Å². The van der Waals surface area contributed by atoms with E-state index in [2.05, 4.69) is 51.6 Å². The van der Waals surface area contributed by atoms with Crippen LogP contribution in [-0.2, 0) is 6.54 Å². The Hall–Kier alpha value is -1.08. The smallest absolute Gasteiger partial charge is 0.104 e. The standard InChI is InChI=1S/C25H44N/c1-5-9-10-11-12-13-14-15-16-17-22-26(7-3,8-4)23-25-20-18-24(6-2)19-21-25/h6,18-21H,2,5,7-17,22-23H2,1,3-4H3/q+1. The topological polar surface area (TPSA) is 0 Å². The van der Waals surface area contributed by atoms with Crippen LogP contribution in [-0.4, -0.2) is 24.1 Å². The van der Waals surface area contributed by atoms with Crippen LogP contribution in [0.15, 0.2) is 30.8 Å². The zero-order chi connectivity index (χ0) is 19.1. The lowest BCUT2D eigenvalue weighted by molar-refractivity contribution is -0.938. The molecule has 0 unspecified atom stereocenters. The molecule has 0 atom stereocenters. The maximum absolute atomic E-state index is 3.85. The molecule has 0 saturated carbocycles. The number of hydrogen-bond donors (Lipinski definition) is 0. The SMILES string of the molecule is C=Cc1ccc(C[N+](CC)(CC)CCCCCCCCCCCC)cc1. The van der Waals surface area contributed by atoms with Gasteiger partial charge in [-0.1, -0.05) is 95.2 Å². The quantitative estimate of drug-likeness (QED) is 0.211. The molecule has 1 aromatic carbocycles. The Kier molecular flexibility index (Phi) is 12.4. The van der Waals surface area contributed by atoms with E-state index in [1.807, 2.05) is 6.08 Å². The molecule has 0 aliphatic rings. The van der Waals surface area contributed by atoms with E-state index < -0.39 is 0 Å². The number of unbranched alkanes of at least 4 members (excludes halogenated alkanes) is 9. The largest absolute Gasteiger partial charge is 0.320 e. The van der Waals surface area contributed by atoms with Crippen molar-refractivity contribution >= 4 is 6.08 Å². The van der Waals surface area contributed by atoms with Crippen LogP contribution < -0.4 is 0 Å². The molecule has 0 radical (unpaired) electrons. The van der Waals surface area contributed by atoms with Crippen LogP contribution in [0.3, 0.4) is 0 Å². The first-order valence-electron chi connectivity index (χ1n) is 11.3. The molecule has 0 aliphatic heterocycles. The Balaban J connectivity index is 2.27. The molecule has 0 fully saturated rings. The maximum Gasteiger partial charge on any atom is 0.104 e. The molecule has 0 heterocycles. The van der Waals surface area contributed by atoms with Crippen molar-refractivity contribution in [1.29, 1.82) is 0 Å². The summed E-state index contributed by atoms with van der Waals surface area (Å²) in [6, 6.07) is 8.97. The number of hydrogen-bond acceptors (Lipinski definition) is 0. The van der Waals surface area contributed by atoms with Gasteiger partial charge < -0.3 is 4.48 Å². The van der Waals surface area contributed by atoms with Crippen LogP contribution in [0.5, 0.6) is 0 Å². The lowest BCUT2D eigenvalue weighted by Crippen LogP contribution is -2.47. The van der Waals surface area contributed by atoms with Crippen LogP contribution in [0.25, 0.3) is 6.08 Å². The molecule has 0 amide bonds. The van der Waals surface area contributed by atoms with Crippen LogP contribution in [0, 0.1) is 0 Å². The summed E-state index contributed by atoms with van der Waals surface area (Å²) in [6.45, 7) is 15.8. The van der Waals surface area contributed by atoms with Gasteiger partial charge in [0, 0.05) is 5.56 Å². The zero-order valence-corrected chi connectivity index (χ0v) is 17.9. The fourth-order valence-corrected chi connectivity index (χ4v) is 3.92. The van der Waals surface area contributed by atoms with E-state index in [1.165, 1.54) is 106 Å². The van der Waals surface area contributed by atoms with Crippen molar-refractivity contribution in [2.45, 2.75) is 91.5 Å². The average molecular weight is 359 g/mol. The highest BCUT2D eigenvalue weighted by atomic mass is 15.3. The Morgan fingerprint density at radius 3 is 1.69 bits per heavy atom. The summed E-state index contributed by atoms with van der Waals surface area (Å²) in [5, 5.41) is 0. The second-order valence-corrected chi connectivity index (χ2v) is 7.98. The number of rotatable bonds is 16. The van der Waals surface area contributed by atoms with Gasteiger partial charge >= 0.3 is 0 Å². The highest BCUT2D eigenvalue weighted by Gasteiger charge is 2.23. The molecule has 148 valence electrons. The normalized spacial score (nSPS) is 11.7. The van der Waals surface area contributed by atoms with Crippen molar-refractivity contribution in [3.63, 3.8) is 0 Å². The molecule has 1 heteroatoms. The predicted molar refractivity (Wildman–Crippen MR) is 118 cm³/mol. The van der Waals surface area contributed by atoms with Crippen molar-refractivity contribution < 1.29 is 4.48 Å². The van der Waals surface area contributed by atoms with E-state index in [4.69, 9.17) is 0 Å². The lowest BCUT2D eigenvalue weighted by Gasteiger charge is -2.37. The van der Waals surface area contributed by atoms with Gasteiger partial charge in [0.1, 0.15) is 6.54 Å². The third-order valence-electron chi connectivity index (χ3n) is 6.06. The minimum Gasteiger partial charge on any atom is -0.320 e. The molecule has 0 N–H and O–H groups in total. The van der Waals surface area contributed by atoms with Gasteiger partial charge in [0.2, 0.25) is 0 Å². The van der Waals surface area contributed by atoms with E-state index in [0.29, 0.717) is 0 Å². The second kappa shape index (κ2) is 14.0. The minimum atomic E-state index is 1.17. The third-order valence-corrected chi connectivity index (χ3v) is 6.06. The van der Waals surface area contributed by atoms with E-state index >= 15 is 0 Å². The summed E-state index contributed by atoms with van der Waals surface area (Å²) < 4.78 is 1.23. The molecule has 0 bridgehead atoms. The number of quaternary nitrogens is 1. The van der Waals surface area contributed by atoms with Crippen LogP contribution in [0.1, 0.15) is 96.1 Å². The lowest BCUT2D eigenvalue weighted by atomic mass is 10.1. The number of nitrogens with zero attached hydrogens (tertiary/aromatic N) is 1. The molecule has 0 spiro atoms. The molecule has 0 aromatic heterocycles. The molecule has 1 aromatic rings. The van der Waals surface area contributed by atoms with Gasteiger partial charge in [-0.25, -0.2) is 0 Å². The van der Waals surface area contributed by atoms with Crippen molar-refractivity contribution in [2.24, 2.45) is 0 Å². The highest BCUT2D eigenvalue weighted by molar-refractivity contribution is 5.47. The third kappa shape index (κ3) is 9.03. The molecule has 0 aliphatic carbocycles. The van der Waals surface area contributed by atoms with Crippen molar-refractivity contribution in [1.82, 2.24) is 0 Å². The van der Waals surface area contributed by atoms with Crippen LogP contribution >= 0.6 is 0 Å². The second-order valence-electron chi connectivity index (χ2n) is 7.98. The minimum absolute atomic E-state index is 1.17. The van der Waals surface area contributed by atoms with Crippen molar-refractivity contribution in [3.05, 3.63) is 42.0 Å². The summed E-state index contributed by atoms with van der Waals surface area (Å²) in [5.74, 6) is 0. The molecule has 26 heavy (non-hydrogen) atoms. The Bertz CT molecular complexity index is 456. The average Bonchev–Trinajstić information content (AvgIpc) is 2.69. The van der Waals surface area contributed by atoms with Gasteiger partial charge in [0.05, 0.1) is 19.6 Å². The van der Waals surface area contributed by atoms with E-state index in [1.54, 1.807) is 0 Å². The van der Waals surface area contributed by atoms with Crippen LogP contribution in [0.4, 0.5) is 0 Å². The number of benzene rings is 1. The van der Waals surface area contributed by atoms with Crippen molar-refractivity contribution in [3.8, 4) is 0 Å². The monoisotopic (exact) mass is 358 g/mol. The Morgan fingerprint density at radius 2 is 1.23 bits per heavy atom. The van der Waals surface area contributed by atoms with E-state index in [9.17, 15) is 0 Å². The maximum atomic E-state index is 3.85. The van der Waals surface area contributed by atoms with E-state index in [0.717, 1.165) is 0 Å². The fourth-order valence-electron chi connectivity index (χ4n) is 3.92. The summed E-state index contributed by atoms with van der Waals surface area (Å²) in [5.41, 5.74) is 2.68. The molecular formula is C25H44N+. The summed E-state index contributed by atoms with van der Waals surface area (Å²) in [6.07, 6.45) is 16.1. The van der Waals surface area contributed by atoms with Gasteiger partial charge in [0.25, 0.3) is 0 Å². The molecule has 1 rings (SSSR count). The Morgan fingerprint density at radius 1 is 0.731 bits per heavy atom. The molecule has 0 saturated heterocycles. The van der Waals surface area contributed by atoms with Gasteiger partial charge in [0.15, 0.2) is 0 Å². The first-order chi connectivity index (χ1) is 12.7. The highest BCUT2D eigenvalue weighted by Crippen LogP contribution is 2.18. The van der Waals surface area contributed by atoms with Gasteiger partial charge in [-0.3, -0.25) is 0 Å². The predicted octanol–water partition coefficient (Wildman–Crippen LogP) is 7.61. The molecule has 1 nitrogen and oxygen atoms in total. The van der Waals surface area contributed by atoms with Crippen molar-refractivity contribution in [2.75, 3.05) is 19.6 Å². The summed E-state index contributed by atoms with van der Waals surface area (Å²) in [7, 11) is 0. The van der Waals surface area contributed by atoms with Crippen LogP contribution in [0.2, 0.25) is 0 Å². The summed E-state index contributed by atoms with van der Waals surface area (Å²) in [4.78, 5) is 0. The summed E-state index contributed by atoms with van der Waals surface area (Å²) >= 11 is 0. The first-order valence-corrected chi connectivity index (χ1v) is 11.3. The molecular weight excluding hydrogens is 314 g/mol. The zero-order valence-electron chi connectivity index (χ0n) is 17.9. The van der Waals surface area contributed by atoms with Gasteiger partial charge in [-0.15, -0.1) is 0 Å². The first kappa shape index (κ1) is 23.0. The van der Waals surface area contributed by atoms with Gasteiger partial charge in [-0.2, -0.15) is 0 Å². The Labute approximate surface area is 164 Å². The van der Waals surface area contributed by atoms with Gasteiger partial charge in [-0.05, 0) is 32.3 Å².